The summed E-state index contributed by atoms with van der Waals surface area (Å²) in [6.45, 7) is 3.02. The Labute approximate surface area is 158 Å². The highest BCUT2D eigenvalue weighted by molar-refractivity contribution is 7.89. The molecule has 4 rings (SSSR count). The van der Waals surface area contributed by atoms with Crippen LogP contribution < -0.4 is 0 Å². The van der Waals surface area contributed by atoms with E-state index in [-0.39, 0.29) is 28.9 Å². The quantitative estimate of drug-likeness (QED) is 0.809. The maximum absolute atomic E-state index is 12.8. The number of hydrogen-bond acceptors (Lipinski definition) is 5. The Bertz CT molecular complexity index is 866. The zero-order valence-corrected chi connectivity index (χ0v) is 16.1. The van der Waals surface area contributed by atoms with Gasteiger partial charge in [-0.05, 0) is 44.4 Å². The molecule has 0 aromatic carbocycles. The fourth-order valence-electron chi connectivity index (χ4n) is 4.31. The number of carbonyl (C=O) groups excluding carboxylic acids is 1. The molecule has 2 saturated heterocycles. The van der Waals surface area contributed by atoms with Gasteiger partial charge in [0, 0.05) is 32.2 Å². The highest BCUT2D eigenvalue weighted by Crippen LogP contribution is 2.44. The highest BCUT2D eigenvalue weighted by atomic mass is 32.2. The monoisotopic (exact) mass is 396 g/mol. The first-order valence-electron chi connectivity index (χ1n) is 9.41. The van der Waals surface area contributed by atoms with E-state index < -0.39 is 27.8 Å². The second-order valence-corrected chi connectivity index (χ2v) is 9.70. The summed E-state index contributed by atoms with van der Waals surface area (Å²) in [6.07, 6.45) is 3.67. The van der Waals surface area contributed by atoms with E-state index in [1.54, 1.807) is 0 Å². The third-order valence-corrected chi connectivity index (χ3v) is 7.97. The Balaban J connectivity index is 1.55. The van der Waals surface area contributed by atoms with Crippen LogP contribution in [0.5, 0.6) is 0 Å². The lowest BCUT2D eigenvalue weighted by Gasteiger charge is -2.14. The van der Waals surface area contributed by atoms with E-state index in [1.807, 2.05) is 0 Å². The molecular weight excluding hydrogens is 372 g/mol. The van der Waals surface area contributed by atoms with Crippen LogP contribution in [0.3, 0.4) is 0 Å². The minimum Gasteiger partial charge on any atom is -0.481 e. The van der Waals surface area contributed by atoms with Crippen molar-refractivity contribution in [1.29, 1.82) is 0 Å². The molecule has 2 aliphatic heterocycles. The van der Waals surface area contributed by atoms with Crippen molar-refractivity contribution in [2.45, 2.75) is 37.5 Å². The average Bonchev–Trinajstić information content (AvgIpc) is 3.07. The smallest absolute Gasteiger partial charge is 0.308 e. The van der Waals surface area contributed by atoms with Gasteiger partial charge in [0.2, 0.25) is 10.0 Å². The van der Waals surface area contributed by atoms with Gasteiger partial charge in [-0.2, -0.15) is 4.31 Å². The fourth-order valence-corrected chi connectivity index (χ4v) is 5.99. The highest BCUT2D eigenvalue weighted by Gasteiger charge is 2.47. The fraction of sp³-hybridized carbons (Fsp3) is 0.667. The van der Waals surface area contributed by atoms with Crippen molar-refractivity contribution in [3.63, 3.8) is 0 Å². The van der Waals surface area contributed by atoms with Gasteiger partial charge in [0.15, 0.2) is 5.76 Å². The summed E-state index contributed by atoms with van der Waals surface area (Å²) in [5, 5.41) is 9.46. The molecule has 3 heterocycles. The number of rotatable bonds is 5. The number of likely N-dealkylation sites (tertiary alicyclic amines) is 1. The third kappa shape index (κ3) is 3.27. The summed E-state index contributed by atoms with van der Waals surface area (Å²) in [4.78, 5) is 25.9. The van der Waals surface area contributed by atoms with Crippen molar-refractivity contribution >= 4 is 21.9 Å². The van der Waals surface area contributed by atoms with Gasteiger partial charge in [-0.25, -0.2) is 8.42 Å². The number of hydrogen-bond donors (Lipinski definition) is 1. The van der Waals surface area contributed by atoms with Gasteiger partial charge < -0.3 is 14.4 Å². The Morgan fingerprint density at radius 3 is 2.44 bits per heavy atom. The van der Waals surface area contributed by atoms with E-state index in [1.165, 1.54) is 22.2 Å². The van der Waals surface area contributed by atoms with Gasteiger partial charge in [0.05, 0.1) is 5.92 Å². The molecule has 0 spiro atoms. The molecule has 0 radical (unpaired) electrons. The number of carboxylic acids is 1. The summed E-state index contributed by atoms with van der Waals surface area (Å²) < 4.78 is 32.4. The van der Waals surface area contributed by atoms with Crippen molar-refractivity contribution in [2.75, 3.05) is 26.2 Å². The van der Waals surface area contributed by atoms with Crippen LogP contribution in [0, 0.1) is 24.7 Å². The van der Waals surface area contributed by atoms with Crippen LogP contribution in [0.25, 0.3) is 0 Å². The number of furan rings is 1. The normalized spacial score (nSPS) is 26.6. The minimum absolute atomic E-state index is 0.0282. The lowest BCUT2D eigenvalue weighted by atomic mass is 9.92. The predicted molar refractivity (Wildman–Crippen MR) is 94.7 cm³/mol. The van der Waals surface area contributed by atoms with Crippen molar-refractivity contribution in [2.24, 2.45) is 17.8 Å². The number of carboxylic acid groups (broad SMARTS) is 1. The van der Waals surface area contributed by atoms with Gasteiger partial charge in [0.25, 0.3) is 5.91 Å². The largest absolute Gasteiger partial charge is 0.481 e. The van der Waals surface area contributed by atoms with Gasteiger partial charge in [-0.3, -0.25) is 9.59 Å². The van der Waals surface area contributed by atoms with E-state index in [2.05, 4.69) is 0 Å². The van der Waals surface area contributed by atoms with Gasteiger partial charge >= 0.3 is 5.97 Å². The second kappa shape index (κ2) is 6.63. The molecule has 9 heteroatoms. The van der Waals surface area contributed by atoms with E-state index >= 15 is 0 Å². The molecule has 1 aliphatic carbocycles. The van der Waals surface area contributed by atoms with Crippen molar-refractivity contribution < 1.29 is 27.5 Å². The molecule has 148 valence electrons. The Kier molecular flexibility index (Phi) is 4.54. The summed E-state index contributed by atoms with van der Waals surface area (Å²) >= 11 is 0. The van der Waals surface area contributed by atoms with Crippen LogP contribution in [0.15, 0.2) is 15.4 Å². The number of sulfonamides is 1. The number of nitrogens with zero attached hydrogens (tertiary/aromatic N) is 2. The van der Waals surface area contributed by atoms with Crippen LogP contribution in [0.4, 0.5) is 0 Å². The van der Waals surface area contributed by atoms with E-state index in [0.717, 1.165) is 25.7 Å². The van der Waals surface area contributed by atoms with Crippen LogP contribution in [-0.2, 0) is 14.8 Å². The van der Waals surface area contributed by atoms with E-state index in [0.29, 0.717) is 25.6 Å². The number of amides is 1. The van der Waals surface area contributed by atoms with Crippen molar-refractivity contribution in [3.05, 3.63) is 17.6 Å². The lowest BCUT2D eigenvalue weighted by Crippen LogP contribution is -2.30. The third-order valence-electron chi connectivity index (χ3n) is 5.96. The molecule has 2 atom stereocenters. The maximum Gasteiger partial charge on any atom is 0.308 e. The molecular formula is C18H24N2O6S. The minimum atomic E-state index is -3.67. The topological polar surface area (TPSA) is 108 Å². The molecule has 3 fully saturated rings. The first-order valence-corrected chi connectivity index (χ1v) is 10.9. The van der Waals surface area contributed by atoms with Crippen LogP contribution in [0.2, 0.25) is 0 Å². The molecule has 1 aromatic rings. The predicted octanol–water partition coefficient (Wildman–Crippen LogP) is 1.56. The van der Waals surface area contributed by atoms with E-state index in [9.17, 15) is 23.1 Å². The number of aryl methyl sites for hydroxylation is 1. The molecule has 0 unspecified atom stereocenters. The summed E-state index contributed by atoms with van der Waals surface area (Å²) in [7, 11) is -3.67. The average molecular weight is 396 g/mol. The van der Waals surface area contributed by atoms with Crippen LogP contribution in [-0.4, -0.2) is 60.8 Å². The van der Waals surface area contributed by atoms with Gasteiger partial charge in [-0.1, -0.05) is 0 Å². The first-order chi connectivity index (χ1) is 12.8. The Morgan fingerprint density at radius 2 is 1.85 bits per heavy atom. The number of carbonyl (C=O) groups is 2. The zero-order valence-electron chi connectivity index (χ0n) is 15.3. The van der Waals surface area contributed by atoms with Crippen molar-refractivity contribution in [1.82, 2.24) is 9.21 Å². The van der Waals surface area contributed by atoms with Crippen molar-refractivity contribution in [3.8, 4) is 0 Å². The number of aliphatic carboxylic acids is 1. The SMILES string of the molecule is Cc1oc(C(=O)N2C[C@H](C(=O)O)[C@@H](C3CC3)C2)cc1S(=O)(=O)N1CCCC1. The first kappa shape index (κ1) is 18.5. The van der Waals surface area contributed by atoms with E-state index in [4.69, 9.17) is 4.42 Å². The second-order valence-electron chi connectivity index (χ2n) is 7.80. The Morgan fingerprint density at radius 1 is 1.19 bits per heavy atom. The lowest BCUT2D eigenvalue weighted by molar-refractivity contribution is -0.142. The molecule has 1 N–H and O–H groups in total. The Hall–Kier alpha value is -1.87. The van der Waals surface area contributed by atoms with Crippen LogP contribution in [0.1, 0.15) is 42.0 Å². The molecule has 27 heavy (non-hydrogen) atoms. The molecule has 1 saturated carbocycles. The molecule has 1 aromatic heterocycles. The summed E-state index contributed by atoms with van der Waals surface area (Å²) in [5.74, 6) is -1.39. The van der Waals surface area contributed by atoms with Gasteiger partial charge in [0.1, 0.15) is 10.7 Å². The zero-order chi connectivity index (χ0) is 19.3. The summed E-state index contributed by atoms with van der Waals surface area (Å²) in [5.41, 5.74) is 0. The molecule has 1 amide bonds. The standard InChI is InChI=1S/C18H24N2O6S/c1-11-16(27(24,25)20-6-2-3-7-20)8-15(26-11)17(21)19-9-13(12-4-5-12)14(10-19)18(22)23/h8,12-14H,2-7,9-10H2,1H3,(H,22,23)/t13-,14+/m1/s1. The molecule has 0 bridgehead atoms. The molecule has 8 nitrogen and oxygen atoms in total. The van der Waals surface area contributed by atoms with Crippen LogP contribution >= 0.6 is 0 Å². The maximum atomic E-state index is 12.8. The van der Waals surface area contributed by atoms with Gasteiger partial charge in [-0.15, -0.1) is 0 Å². The summed E-state index contributed by atoms with van der Waals surface area (Å²) in [6, 6.07) is 1.30. The molecule has 3 aliphatic rings.